The maximum Gasteiger partial charge on any atom is 0.347 e. The molecule has 2 aliphatic rings. The lowest BCUT2D eigenvalue weighted by atomic mass is 10.0. The highest BCUT2D eigenvalue weighted by molar-refractivity contribution is 5.95. The van der Waals surface area contributed by atoms with Crippen molar-refractivity contribution in [2.24, 2.45) is 5.92 Å². The van der Waals surface area contributed by atoms with Crippen molar-refractivity contribution in [3.8, 4) is 0 Å². The Hall–Kier alpha value is -2.70. The zero-order chi connectivity index (χ0) is 19.8. The molecule has 2 atom stereocenters. The molecule has 1 saturated heterocycles. The number of carbonyl (C=O) groups is 2. The number of benzene rings is 1. The number of aryl methyl sites for hydroxylation is 2. The second kappa shape index (κ2) is 7.37. The van der Waals surface area contributed by atoms with E-state index >= 15 is 0 Å². The number of fused-ring (bicyclic) bond motifs is 1. The molecule has 148 valence electrons. The van der Waals surface area contributed by atoms with Crippen LogP contribution in [0.25, 0.3) is 0 Å². The van der Waals surface area contributed by atoms with E-state index < -0.39 is 6.04 Å². The average Bonchev–Trinajstić information content (AvgIpc) is 3.25. The molecule has 3 heterocycles. The molecule has 28 heavy (non-hydrogen) atoms. The van der Waals surface area contributed by atoms with Crippen LogP contribution in [0.5, 0.6) is 0 Å². The lowest BCUT2D eigenvalue weighted by Crippen LogP contribution is -2.41. The molecule has 7 heteroatoms. The van der Waals surface area contributed by atoms with Crippen LogP contribution in [0.15, 0.2) is 29.1 Å². The molecule has 1 amide bonds. The van der Waals surface area contributed by atoms with Crippen molar-refractivity contribution in [3.05, 3.63) is 51.7 Å². The third-order valence-corrected chi connectivity index (χ3v) is 5.82. The van der Waals surface area contributed by atoms with E-state index in [2.05, 4.69) is 12.0 Å². The van der Waals surface area contributed by atoms with Gasteiger partial charge < -0.3 is 4.90 Å². The number of carbonyl (C=O) groups excluding carboxylic acids is 2. The van der Waals surface area contributed by atoms with E-state index in [0.29, 0.717) is 30.1 Å². The quantitative estimate of drug-likeness (QED) is 0.758. The van der Waals surface area contributed by atoms with Crippen LogP contribution in [0.4, 0.5) is 0 Å². The summed E-state index contributed by atoms with van der Waals surface area (Å²) in [6.07, 6.45) is 3.13. The number of likely N-dealkylation sites (tertiary alicyclic amines) is 1. The molecule has 1 aromatic carbocycles. The van der Waals surface area contributed by atoms with E-state index in [1.54, 1.807) is 12.1 Å². The summed E-state index contributed by atoms with van der Waals surface area (Å²) in [6.45, 7) is 5.49. The zero-order valence-corrected chi connectivity index (χ0v) is 16.4. The number of hydrogen-bond acceptors (Lipinski definition) is 4. The summed E-state index contributed by atoms with van der Waals surface area (Å²) >= 11 is 0. The molecular weight excluding hydrogens is 356 g/mol. The van der Waals surface area contributed by atoms with Crippen LogP contribution in [0.1, 0.15) is 54.0 Å². The topological polar surface area (TPSA) is 77.2 Å². The molecule has 4 rings (SSSR count). The third kappa shape index (κ3) is 3.41. The SMILES string of the molecule is Cc1ccc(C(=O)Cn2nc3n(c2=O)[C@H](C(=O)N2CC[C@H](C)C2)CCC3)cc1. The summed E-state index contributed by atoms with van der Waals surface area (Å²) < 4.78 is 2.74. The molecular formula is C21H26N4O3. The van der Waals surface area contributed by atoms with Crippen LogP contribution >= 0.6 is 0 Å². The van der Waals surface area contributed by atoms with Gasteiger partial charge in [0.1, 0.15) is 18.4 Å². The zero-order valence-electron chi connectivity index (χ0n) is 16.4. The first-order valence-corrected chi connectivity index (χ1v) is 10.0. The van der Waals surface area contributed by atoms with Gasteiger partial charge in [-0.25, -0.2) is 9.48 Å². The number of amides is 1. The Morgan fingerprint density at radius 3 is 2.61 bits per heavy atom. The maximum atomic E-state index is 13.0. The maximum absolute atomic E-state index is 13.0. The molecule has 0 N–H and O–H groups in total. The Labute approximate surface area is 164 Å². The molecule has 0 saturated carbocycles. The standard InChI is InChI=1S/C21H26N4O3/c1-14-6-8-16(9-7-14)18(26)13-24-21(28)25-17(4-3-5-19(25)22-24)20(27)23-11-10-15(2)12-23/h6-9,15,17H,3-5,10-13H2,1-2H3/t15-,17-/m0/s1. The second-order valence-corrected chi connectivity index (χ2v) is 8.10. The van der Waals surface area contributed by atoms with E-state index in [1.807, 2.05) is 24.0 Å². The first kappa shape index (κ1) is 18.7. The molecule has 0 spiro atoms. The summed E-state index contributed by atoms with van der Waals surface area (Å²) in [5, 5.41) is 4.38. The third-order valence-electron chi connectivity index (χ3n) is 5.82. The van der Waals surface area contributed by atoms with Crippen molar-refractivity contribution in [3.63, 3.8) is 0 Å². The van der Waals surface area contributed by atoms with Crippen LogP contribution in [-0.2, 0) is 17.8 Å². The number of Topliss-reactive ketones (excluding diaryl/α,β-unsaturated/α-hetero) is 1. The predicted molar refractivity (Wildman–Crippen MR) is 104 cm³/mol. The summed E-state index contributed by atoms with van der Waals surface area (Å²) in [7, 11) is 0. The minimum Gasteiger partial charge on any atom is -0.341 e. The molecule has 2 aliphatic heterocycles. The van der Waals surface area contributed by atoms with E-state index in [-0.39, 0.29) is 23.9 Å². The van der Waals surface area contributed by atoms with Crippen LogP contribution < -0.4 is 5.69 Å². The first-order chi connectivity index (χ1) is 13.4. The summed E-state index contributed by atoms with van der Waals surface area (Å²) in [5.74, 6) is 0.961. The number of nitrogens with zero attached hydrogens (tertiary/aromatic N) is 4. The number of hydrogen-bond donors (Lipinski definition) is 0. The monoisotopic (exact) mass is 382 g/mol. The normalized spacial score (nSPS) is 21.6. The molecule has 0 radical (unpaired) electrons. The smallest absolute Gasteiger partial charge is 0.341 e. The Kier molecular flexibility index (Phi) is 4.91. The fourth-order valence-electron chi connectivity index (χ4n) is 4.18. The fourth-order valence-corrected chi connectivity index (χ4v) is 4.18. The van der Waals surface area contributed by atoms with Crippen LogP contribution in [0.3, 0.4) is 0 Å². The minimum atomic E-state index is -0.496. The van der Waals surface area contributed by atoms with E-state index in [4.69, 9.17) is 0 Å². The van der Waals surface area contributed by atoms with Crippen LogP contribution in [0, 0.1) is 12.8 Å². The summed E-state index contributed by atoms with van der Waals surface area (Å²) in [6, 6.07) is 6.78. The first-order valence-electron chi connectivity index (χ1n) is 10.0. The van der Waals surface area contributed by atoms with Crippen molar-refractivity contribution in [2.45, 2.75) is 52.1 Å². The van der Waals surface area contributed by atoms with E-state index in [1.165, 1.54) is 9.25 Å². The van der Waals surface area contributed by atoms with Crippen molar-refractivity contribution in [2.75, 3.05) is 13.1 Å². The molecule has 0 unspecified atom stereocenters. The van der Waals surface area contributed by atoms with Crippen molar-refractivity contribution >= 4 is 11.7 Å². The number of aromatic nitrogens is 3. The molecule has 1 fully saturated rings. The van der Waals surface area contributed by atoms with Gasteiger partial charge in [0.25, 0.3) is 0 Å². The van der Waals surface area contributed by atoms with Crippen molar-refractivity contribution in [1.29, 1.82) is 0 Å². The molecule has 0 aliphatic carbocycles. The molecule has 7 nitrogen and oxygen atoms in total. The summed E-state index contributed by atoms with van der Waals surface area (Å²) in [5.41, 5.74) is 1.27. The Balaban J connectivity index is 1.58. The molecule has 2 aromatic rings. The average molecular weight is 382 g/mol. The van der Waals surface area contributed by atoms with Gasteiger partial charge in [0.15, 0.2) is 5.78 Å². The Morgan fingerprint density at radius 1 is 1.18 bits per heavy atom. The van der Waals surface area contributed by atoms with E-state index in [0.717, 1.165) is 31.5 Å². The van der Waals surface area contributed by atoms with Crippen molar-refractivity contribution < 1.29 is 9.59 Å². The van der Waals surface area contributed by atoms with Gasteiger partial charge in [-0.1, -0.05) is 36.8 Å². The molecule has 0 bridgehead atoms. The van der Waals surface area contributed by atoms with Gasteiger partial charge in [0.2, 0.25) is 5.91 Å². The molecule has 1 aromatic heterocycles. The van der Waals surface area contributed by atoms with Gasteiger partial charge >= 0.3 is 5.69 Å². The Bertz CT molecular complexity index is 957. The van der Waals surface area contributed by atoms with Gasteiger partial charge in [0, 0.05) is 25.1 Å². The van der Waals surface area contributed by atoms with Gasteiger partial charge in [-0.05, 0) is 32.1 Å². The Morgan fingerprint density at radius 2 is 1.93 bits per heavy atom. The number of rotatable bonds is 4. The van der Waals surface area contributed by atoms with Crippen LogP contribution in [-0.4, -0.2) is 44.0 Å². The lowest BCUT2D eigenvalue weighted by Gasteiger charge is -2.27. The highest BCUT2D eigenvalue weighted by Crippen LogP contribution is 2.26. The predicted octanol–water partition coefficient (Wildman–Crippen LogP) is 1.98. The second-order valence-electron chi connectivity index (χ2n) is 8.10. The highest BCUT2D eigenvalue weighted by atomic mass is 16.2. The van der Waals surface area contributed by atoms with Gasteiger partial charge in [-0.2, -0.15) is 5.10 Å². The van der Waals surface area contributed by atoms with Gasteiger partial charge in [-0.3, -0.25) is 14.2 Å². The lowest BCUT2D eigenvalue weighted by molar-refractivity contribution is -0.134. The fraction of sp³-hybridized carbons (Fsp3) is 0.524. The van der Waals surface area contributed by atoms with Gasteiger partial charge in [-0.15, -0.1) is 0 Å². The van der Waals surface area contributed by atoms with Crippen LogP contribution in [0.2, 0.25) is 0 Å². The number of ketones is 1. The highest BCUT2D eigenvalue weighted by Gasteiger charge is 2.35. The summed E-state index contributed by atoms with van der Waals surface area (Å²) in [4.78, 5) is 40.4. The van der Waals surface area contributed by atoms with Crippen molar-refractivity contribution in [1.82, 2.24) is 19.2 Å². The largest absolute Gasteiger partial charge is 0.347 e. The van der Waals surface area contributed by atoms with Gasteiger partial charge in [0.05, 0.1) is 0 Å². The minimum absolute atomic E-state index is 0.0109. The van der Waals surface area contributed by atoms with E-state index in [9.17, 15) is 14.4 Å².